The summed E-state index contributed by atoms with van der Waals surface area (Å²) in [6.45, 7) is 0. The molecule has 1 atom stereocenters. The van der Waals surface area contributed by atoms with Crippen LogP contribution in [-0.2, 0) is 0 Å². The Morgan fingerprint density at radius 2 is 1.50 bits per heavy atom. The number of carbonyl (C=O) groups excluding carboxylic acids is 2. The summed E-state index contributed by atoms with van der Waals surface area (Å²) in [5.74, 6) is -0.0348. The summed E-state index contributed by atoms with van der Waals surface area (Å²) in [6.07, 6.45) is -0.963. The van der Waals surface area contributed by atoms with Gasteiger partial charge in [0, 0.05) is 15.6 Å². The number of hydrogen-bond acceptors (Lipinski definition) is 4. The van der Waals surface area contributed by atoms with Gasteiger partial charge in [0.25, 0.3) is 5.91 Å². The van der Waals surface area contributed by atoms with Crippen molar-refractivity contribution in [1.82, 2.24) is 5.32 Å². The molecule has 0 heterocycles. The summed E-state index contributed by atoms with van der Waals surface area (Å²) in [7, 11) is 1.55. The molecule has 0 radical (unpaired) electrons. The Hall–Kier alpha value is -3.12. The minimum absolute atomic E-state index is 0.253. The molecule has 0 spiro atoms. The van der Waals surface area contributed by atoms with Crippen LogP contribution >= 0.6 is 15.9 Å². The van der Waals surface area contributed by atoms with Gasteiger partial charge in [0.1, 0.15) is 5.75 Å². The standard InChI is InChI=1S/C22H19BrN2O3/c1-28-19-10-6-5-9-18(19)24-21(20(26)15-7-3-2-4-8-15)25-22(27)16-11-13-17(23)14-12-16/h2-14,21,24H,1H3,(H,25,27)/t21-/m1/s1. The third-order valence-corrected chi connectivity index (χ3v) is 4.64. The van der Waals surface area contributed by atoms with E-state index in [2.05, 4.69) is 26.6 Å². The molecule has 0 fully saturated rings. The summed E-state index contributed by atoms with van der Waals surface area (Å²) in [4.78, 5) is 25.7. The normalized spacial score (nSPS) is 11.4. The maximum atomic E-state index is 13.0. The van der Waals surface area contributed by atoms with Crippen LogP contribution in [0, 0.1) is 0 Å². The fraction of sp³-hybridized carbons (Fsp3) is 0.0909. The highest BCUT2D eigenvalue weighted by atomic mass is 79.9. The lowest BCUT2D eigenvalue weighted by atomic mass is 10.1. The van der Waals surface area contributed by atoms with Crippen molar-refractivity contribution in [3.63, 3.8) is 0 Å². The van der Waals surface area contributed by atoms with Crippen molar-refractivity contribution in [2.24, 2.45) is 0 Å². The number of anilines is 1. The van der Waals surface area contributed by atoms with E-state index in [1.807, 2.05) is 18.2 Å². The maximum absolute atomic E-state index is 13.0. The van der Waals surface area contributed by atoms with Crippen LogP contribution in [0.2, 0.25) is 0 Å². The van der Waals surface area contributed by atoms with E-state index in [9.17, 15) is 9.59 Å². The fourth-order valence-corrected chi connectivity index (χ4v) is 2.94. The van der Waals surface area contributed by atoms with E-state index in [-0.39, 0.29) is 11.7 Å². The van der Waals surface area contributed by atoms with Crippen LogP contribution in [0.5, 0.6) is 5.75 Å². The van der Waals surface area contributed by atoms with Crippen LogP contribution in [0.3, 0.4) is 0 Å². The van der Waals surface area contributed by atoms with Gasteiger partial charge in [-0.25, -0.2) is 0 Å². The lowest BCUT2D eigenvalue weighted by molar-refractivity contribution is 0.0869. The number of ether oxygens (including phenoxy) is 1. The number of ketones is 1. The molecule has 6 heteroatoms. The number of rotatable bonds is 7. The summed E-state index contributed by atoms with van der Waals surface area (Å²) < 4.78 is 6.21. The Labute approximate surface area is 171 Å². The number of amides is 1. The third-order valence-electron chi connectivity index (χ3n) is 4.11. The second-order valence-corrected chi connectivity index (χ2v) is 6.90. The van der Waals surface area contributed by atoms with Gasteiger partial charge >= 0.3 is 0 Å². The summed E-state index contributed by atoms with van der Waals surface area (Å²) in [5, 5.41) is 5.87. The lowest BCUT2D eigenvalue weighted by Gasteiger charge is -2.21. The van der Waals surface area contributed by atoms with Crippen LogP contribution in [0.25, 0.3) is 0 Å². The van der Waals surface area contributed by atoms with Crippen LogP contribution in [0.4, 0.5) is 5.69 Å². The van der Waals surface area contributed by atoms with Crippen LogP contribution in [-0.4, -0.2) is 25.0 Å². The predicted octanol–water partition coefficient (Wildman–Crippen LogP) is 4.51. The molecule has 5 nitrogen and oxygen atoms in total. The van der Waals surface area contributed by atoms with Gasteiger partial charge in [0.05, 0.1) is 12.8 Å². The van der Waals surface area contributed by atoms with E-state index in [0.717, 1.165) is 4.47 Å². The van der Waals surface area contributed by atoms with E-state index in [1.165, 1.54) is 0 Å². The summed E-state index contributed by atoms with van der Waals surface area (Å²) >= 11 is 3.35. The molecule has 0 aliphatic rings. The number of halogens is 1. The molecule has 0 aromatic heterocycles. The summed E-state index contributed by atoms with van der Waals surface area (Å²) in [5.41, 5.74) is 1.55. The lowest BCUT2D eigenvalue weighted by Crippen LogP contribution is -2.46. The molecule has 0 saturated carbocycles. The van der Waals surface area contributed by atoms with Crippen molar-refractivity contribution in [1.29, 1.82) is 0 Å². The molecule has 0 aliphatic heterocycles. The van der Waals surface area contributed by atoms with Gasteiger partial charge in [-0.2, -0.15) is 0 Å². The second kappa shape index (κ2) is 9.19. The minimum Gasteiger partial charge on any atom is -0.495 e. The van der Waals surface area contributed by atoms with Gasteiger partial charge in [-0.3, -0.25) is 9.59 Å². The first-order valence-electron chi connectivity index (χ1n) is 8.64. The summed E-state index contributed by atoms with van der Waals surface area (Å²) in [6, 6.07) is 23.0. The molecule has 3 rings (SSSR count). The van der Waals surface area contributed by atoms with Gasteiger partial charge in [-0.05, 0) is 36.4 Å². The van der Waals surface area contributed by atoms with E-state index in [4.69, 9.17) is 4.74 Å². The molecule has 0 saturated heterocycles. The highest BCUT2D eigenvalue weighted by Crippen LogP contribution is 2.24. The Morgan fingerprint density at radius 1 is 0.857 bits per heavy atom. The van der Waals surface area contributed by atoms with Gasteiger partial charge < -0.3 is 15.4 Å². The number of nitrogens with one attached hydrogen (secondary N) is 2. The van der Waals surface area contributed by atoms with Crippen molar-refractivity contribution in [2.75, 3.05) is 12.4 Å². The third kappa shape index (κ3) is 4.78. The Bertz CT molecular complexity index is 959. The van der Waals surface area contributed by atoms with Crippen molar-refractivity contribution in [3.05, 3.63) is 94.5 Å². The van der Waals surface area contributed by atoms with Gasteiger partial charge in [-0.1, -0.05) is 58.4 Å². The van der Waals surface area contributed by atoms with E-state index < -0.39 is 6.17 Å². The molecule has 142 valence electrons. The first-order chi connectivity index (χ1) is 13.6. The quantitative estimate of drug-likeness (QED) is 0.420. The zero-order chi connectivity index (χ0) is 19.9. The first kappa shape index (κ1) is 19.6. The smallest absolute Gasteiger partial charge is 0.253 e. The number of methoxy groups -OCH3 is 1. The topological polar surface area (TPSA) is 67.4 Å². The van der Waals surface area contributed by atoms with Crippen LogP contribution in [0.15, 0.2) is 83.3 Å². The molecule has 0 aliphatic carbocycles. The molecule has 0 bridgehead atoms. The molecule has 3 aromatic rings. The zero-order valence-electron chi connectivity index (χ0n) is 15.2. The average molecular weight is 439 g/mol. The highest BCUT2D eigenvalue weighted by Gasteiger charge is 2.23. The van der Waals surface area contributed by atoms with E-state index in [0.29, 0.717) is 22.6 Å². The van der Waals surface area contributed by atoms with E-state index >= 15 is 0 Å². The highest BCUT2D eigenvalue weighted by molar-refractivity contribution is 9.10. The monoisotopic (exact) mass is 438 g/mol. The van der Waals surface area contributed by atoms with Crippen molar-refractivity contribution >= 4 is 33.3 Å². The minimum atomic E-state index is -0.963. The van der Waals surface area contributed by atoms with Gasteiger partial charge in [0.15, 0.2) is 6.17 Å². The SMILES string of the molecule is COc1ccccc1N[C@H](NC(=O)c1ccc(Br)cc1)C(=O)c1ccccc1. The van der Waals surface area contributed by atoms with E-state index in [1.54, 1.807) is 67.8 Å². The Morgan fingerprint density at radius 3 is 2.18 bits per heavy atom. The first-order valence-corrected chi connectivity index (χ1v) is 9.43. The average Bonchev–Trinajstić information content (AvgIpc) is 2.74. The molecule has 1 amide bonds. The van der Waals surface area contributed by atoms with Gasteiger partial charge in [-0.15, -0.1) is 0 Å². The Kier molecular flexibility index (Phi) is 6.45. The molecule has 28 heavy (non-hydrogen) atoms. The number of benzene rings is 3. The molecule has 0 unspecified atom stereocenters. The predicted molar refractivity (Wildman–Crippen MR) is 113 cm³/mol. The fourth-order valence-electron chi connectivity index (χ4n) is 2.67. The van der Waals surface area contributed by atoms with Crippen molar-refractivity contribution in [2.45, 2.75) is 6.17 Å². The molecular formula is C22H19BrN2O3. The number of para-hydroxylation sites is 2. The second-order valence-electron chi connectivity index (χ2n) is 5.99. The molecule has 3 aromatic carbocycles. The largest absolute Gasteiger partial charge is 0.495 e. The zero-order valence-corrected chi connectivity index (χ0v) is 16.8. The van der Waals surface area contributed by atoms with Crippen molar-refractivity contribution in [3.8, 4) is 5.75 Å². The number of carbonyl (C=O) groups is 2. The van der Waals surface area contributed by atoms with Gasteiger partial charge in [0.2, 0.25) is 5.78 Å². The molecular weight excluding hydrogens is 420 g/mol. The van der Waals surface area contributed by atoms with Crippen LogP contribution in [0.1, 0.15) is 20.7 Å². The van der Waals surface area contributed by atoms with Crippen molar-refractivity contribution < 1.29 is 14.3 Å². The Balaban J connectivity index is 1.88. The number of hydrogen-bond donors (Lipinski definition) is 2. The maximum Gasteiger partial charge on any atom is 0.253 e. The number of Topliss-reactive ketones (excluding diaryl/α,β-unsaturated/α-hetero) is 1. The molecule has 2 N–H and O–H groups in total. The van der Waals surface area contributed by atoms with Crippen LogP contribution < -0.4 is 15.4 Å².